The van der Waals surface area contributed by atoms with Crippen molar-refractivity contribution in [3.63, 3.8) is 0 Å². The number of hydrogen-bond donors (Lipinski definition) is 0. The molecule has 0 aliphatic carbocycles. The molecule has 0 aliphatic rings. The molecule has 0 saturated heterocycles. The first-order chi connectivity index (χ1) is 10.2. The van der Waals surface area contributed by atoms with Crippen LogP contribution in [0.4, 0.5) is 0 Å². The van der Waals surface area contributed by atoms with Crippen molar-refractivity contribution in [3.8, 4) is 17.2 Å². The fourth-order valence-corrected chi connectivity index (χ4v) is 1.96. The first kappa shape index (κ1) is 13.4. The maximum atomic E-state index is 5.70. The SMILES string of the molecule is Cc1ccc(OCc2nc(-c3ccccc3)oc2C)cn1. The van der Waals surface area contributed by atoms with Crippen LogP contribution in [0.5, 0.6) is 5.75 Å². The van der Waals surface area contributed by atoms with Crippen LogP contribution in [0.25, 0.3) is 11.5 Å². The Labute approximate surface area is 123 Å². The molecule has 4 heteroatoms. The molecule has 3 aromatic rings. The zero-order valence-corrected chi connectivity index (χ0v) is 12.0. The highest BCUT2D eigenvalue weighted by Crippen LogP contribution is 2.22. The number of nitrogens with zero attached hydrogens (tertiary/aromatic N) is 2. The summed E-state index contributed by atoms with van der Waals surface area (Å²) in [5.74, 6) is 2.12. The monoisotopic (exact) mass is 280 g/mol. The molecule has 106 valence electrons. The molecule has 0 N–H and O–H groups in total. The molecule has 4 nitrogen and oxygen atoms in total. The van der Waals surface area contributed by atoms with Crippen LogP contribution in [0.2, 0.25) is 0 Å². The van der Waals surface area contributed by atoms with Gasteiger partial charge in [0.1, 0.15) is 23.8 Å². The summed E-state index contributed by atoms with van der Waals surface area (Å²) in [4.78, 5) is 8.70. The summed E-state index contributed by atoms with van der Waals surface area (Å²) in [5, 5.41) is 0. The average molecular weight is 280 g/mol. The second-order valence-electron chi connectivity index (χ2n) is 4.81. The molecule has 0 unspecified atom stereocenters. The van der Waals surface area contributed by atoms with Gasteiger partial charge in [-0.2, -0.15) is 0 Å². The van der Waals surface area contributed by atoms with Gasteiger partial charge in [-0.3, -0.25) is 4.98 Å². The smallest absolute Gasteiger partial charge is 0.226 e. The van der Waals surface area contributed by atoms with Gasteiger partial charge in [0.05, 0.1) is 6.20 Å². The highest BCUT2D eigenvalue weighted by Gasteiger charge is 2.11. The molecule has 0 atom stereocenters. The number of aryl methyl sites for hydroxylation is 2. The summed E-state index contributed by atoms with van der Waals surface area (Å²) in [6.45, 7) is 4.20. The molecular formula is C17H16N2O2. The minimum Gasteiger partial charge on any atom is -0.486 e. The second kappa shape index (κ2) is 5.79. The van der Waals surface area contributed by atoms with E-state index < -0.39 is 0 Å². The predicted molar refractivity (Wildman–Crippen MR) is 80.0 cm³/mol. The number of aromatic nitrogens is 2. The summed E-state index contributed by atoms with van der Waals surface area (Å²) >= 11 is 0. The first-order valence-electron chi connectivity index (χ1n) is 6.79. The van der Waals surface area contributed by atoms with Gasteiger partial charge < -0.3 is 9.15 Å². The number of rotatable bonds is 4. The fourth-order valence-electron chi connectivity index (χ4n) is 1.96. The summed E-state index contributed by atoms with van der Waals surface area (Å²) in [6.07, 6.45) is 1.71. The van der Waals surface area contributed by atoms with Gasteiger partial charge in [0.15, 0.2) is 0 Å². The van der Waals surface area contributed by atoms with E-state index in [2.05, 4.69) is 9.97 Å². The molecule has 1 aromatic carbocycles. The summed E-state index contributed by atoms with van der Waals surface area (Å²) in [6, 6.07) is 13.6. The molecule has 0 aliphatic heterocycles. The zero-order chi connectivity index (χ0) is 14.7. The van der Waals surface area contributed by atoms with Gasteiger partial charge in [-0.25, -0.2) is 4.98 Å². The van der Waals surface area contributed by atoms with E-state index in [0.717, 1.165) is 28.5 Å². The Kier molecular flexibility index (Phi) is 3.69. The lowest BCUT2D eigenvalue weighted by Crippen LogP contribution is -1.98. The third kappa shape index (κ3) is 3.11. The largest absolute Gasteiger partial charge is 0.486 e. The standard InChI is InChI=1S/C17H16N2O2/c1-12-8-9-15(10-18-12)20-11-16-13(2)21-17(19-16)14-6-4-3-5-7-14/h3-10H,11H2,1-2H3. The average Bonchev–Trinajstić information content (AvgIpc) is 2.89. The van der Waals surface area contributed by atoms with E-state index in [-0.39, 0.29) is 0 Å². The van der Waals surface area contributed by atoms with Gasteiger partial charge in [0, 0.05) is 11.3 Å². The Balaban J connectivity index is 1.74. The molecule has 2 heterocycles. The number of benzene rings is 1. The quantitative estimate of drug-likeness (QED) is 0.726. The Bertz CT molecular complexity index is 718. The van der Waals surface area contributed by atoms with Crippen LogP contribution in [-0.4, -0.2) is 9.97 Å². The molecular weight excluding hydrogens is 264 g/mol. The van der Waals surface area contributed by atoms with E-state index in [1.807, 2.05) is 56.3 Å². The van der Waals surface area contributed by atoms with Crippen molar-refractivity contribution in [1.82, 2.24) is 9.97 Å². The fraction of sp³-hybridized carbons (Fsp3) is 0.176. The Hall–Kier alpha value is -2.62. The number of oxazole rings is 1. The lowest BCUT2D eigenvalue weighted by atomic mass is 10.2. The molecule has 0 bridgehead atoms. The highest BCUT2D eigenvalue weighted by atomic mass is 16.5. The maximum absolute atomic E-state index is 5.70. The van der Waals surface area contributed by atoms with Crippen molar-refractivity contribution in [2.45, 2.75) is 20.5 Å². The van der Waals surface area contributed by atoms with Crippen molar-refractivity contribution in [1.29, 1.82) is 0 Å². The minimum absolute atomic E-state index is 0.368. The predicted octanol–water partition coefficient (Wildman–Crippen LogP) is 3.93. The van der Waals surface area contributed by atoms with Crippen molar-refractivity contribution in [2.75, 3.05) is 0 Å². The van der Waals surface area contributed by atoms with Gasteiger partial charge in [-0.15, -0.1) is 0 Å². The van der Waals surface area contributed by atoms with Gasteiger partial charge in [0.25, 0.3) is 0 Å². The third-order valence-electron chi connectivity index (χ3n) is 3.17. The van der Waals surface area contributed by atoms with E-state index in [9.17, 15) is 0 Å². The van der Waals surface area contributed by atoms with Crippen LogP contribution in [0.1, 0.15) is 17.1 Å². The summed E-state index contributed by atoms with van der Waals surface area (Å²) in [7, 11) is 0. The van der Waals surface area contributed by atoms with Crippen LogP contribution in [0, 0.1) is 13.8 Å². The van der Waals surface area contributed by atoms with E-state index in [1.54, 1.807) is 6.20 Å². The van der Waals surface area contributed by atoms with Gasteiger partial charge in [-0.1, -0.05) is 18.2 Å². The van der Waals surface area contributed by atoms with Crippen molar-refractivity contribution >= 4 is 0 Å². The Morgan fingerprint density at radius 3 is 2.57 bits per heavy atom. The van der Waals surface area contributed by atoms with Gasteiger partial charge in [-0.05, 0) is 38.1 Å². The molecule has 0 spiro atoms. The summed E-state index contributed by atoms with van der Waals surface area (Å²) < 4.78 is 11.4. The van der Waals surface area contributed by atoms with E-state index in [4.69, 9.17) is 9.15 Å². The second-order valence-corrected chi connectivity index (χ2v) is 4.81. The molecule has 21 heavy (non-hydrogen) atoms. The van der Waals surface area contributed by atoms with Crippen molar-refractivity contribution in [3.05, 3.63) is 65.8 Å². The van der Waals surface area contributed by atoms with Crippen LogP contribution in [0.3, 0.4) is 0 Å². The molecule has 2 aromatic heterocycles. The molecule has 0 fully saturated rings. The van der Waals surface area contributed by atoms with Crippen LogP contribution < -0.4 is 4.74 Å². The number of ether oxygens (including phenoxy) is 1. The maximum Gasteiger partial charge on any atom is 0.226 e. The third-order valence-corrected chi connectivity index (χ3v) is 3.17. The molecule has 0 amide bonds. The first-order valence-corrected chi connectivity index (χ1v) is 6.79. The van der Waals surface area contributed by atoms with E-state index >= 15 is 0 Å². The molecule has 3 rings (SSSR count). The minimum atomic E-state index is 0.368. The van der Waals surface area contributed by atoms with Crippen molar-refractivity contribution < 1.29 is 9.15 Å². The van der Waals surface area contributed by atoms with Gasteiger partial charge >= 0.3 is 0 Å². The van der Waals surface area contributed by atoms with Crippen LogP contribution >= 0.6 is 0 Å². The molecule has 0 radical (unpaired) electrons. The van der Waals surface area contributed by atoms with E-state index in [1.165, 1.54) is 0 Å². The number of hydrogen-bond acceptors (Lipinski definition) is 4. The van der Waals surface area contributed by atoms with E-state index in [0.29, 0.717) is 12.5 Å². The Morgan fingerprint density at radius 2 is 1.86 bits per heavy atom. The Morgan fingerprint density at radius 1 is 1.05 bits per heavy atom. The van der Waals surface area contributed by atoms with Crippen molar-refractivity contribution in [2.24, 2.45) is 0 Å². The summed E-state index contributed by atoms with van der Waals surface area (Å²) in [5.41, 5.74) is 2.73. The highest BCUT2D eigenvalue weighted by molar-refractivity contribution is 5.53. The topological polar surface area (TPSA) is 48.2 Å². The van der Waals surface area contributed by atoms with Gasteiger partial charge in [0.2, 0.25) is 5.89 Å². The normalized spacial score (nSPS) is 10.6. The lowest BCUT2D eigenvalue weighted by Gasteiger charge is -2.03. The lowest BCUT2D eigenvalue weighted by molar-refractivity contribution is 0.298. The number of pyridine rings is 1. The molecule has 0 saturated carbocycles. The zero-order valence-electron chi connectivity index (χ0n) is 12.0. The van der Waals surface area contributed by atoms with Crippen LogP contribution in [-0.2, 0) is 6.61 Å². The van der Waals surface area contributed by atoms with Crippen LogP contribution in [0.15, 0.2) is 53.1 Å².